The molecule has 0 bridgehead atoms. The quantitative estimate of drug-likeness (QED) is 0.324. The zero-order valence-electron chi connectivity index (χ0n) is 18.0. The van der Waals surface area contributed by atoms with Crippen LogP contribution in [0.3, 0.4) is 0 Å². The third-order valence-corrected chi connectivity index (χ3v) is 6.78. The predicted octanol–water partition coefficient (Wildman–Crippen LogP) is 5.82. The van der Waals surface area contributed by atoms with Crippen molar-refractivity contribution in [1.29, 1.82) is 0 Å². The van der Waals surface area contributed by atoms with Crippen LogP contribution < -0.4 is 0 Å². The lowest BCUT2D eigenvalue weighted by Gasteiger charge is -2.49. The molecule has 0 fully saturated rings. The average molecular weight is 427 g/mol. The van der Waals surface area contributed by atoms with Crippen molar-refractivity contribution < 1.29 is 20.4 Å². The molecule has 0 atom stereocenters. The molecule has 0 heterocycles. The third kappa shape index (κ3) is 3.44. The maximum absolute atomic E-state index is 9.94. The van der Waals surface area contributed by atoms with Gasteiger partial charge < -0.3 is 20.4 Å². The van der Waals surface area contributed by atoms with Crippen LogP contribution in [0.1, 0.15) is 36.1 Å². The van der Waals surface area contributed by atoms with E-state index < -0.39 is 10.8 Å². The minimum Gasteiger partial charge on any atom is -0.508 e. The highest BCUT2D eigenvalue weighted by atomic mass is 16.3. The van der Waals surface area contributed by atoms with Crippen molar-refractivity contribution in [2.45, 2.75) is 24.7 Å². The molecule has 4 rings (SSSR count). The average Bonchev–Trinajstić information content (AvgIpc) is 2.80. The lowest BCUT2D eigenvalue weighted by Crippen LogP contribution is -2.47. The summed E-state index contributed by atoms with van der Waals surface area (Å²) >= 11 is 0. The fourth-order valence-electron chi connectivity index (χ4n) is 4.67. The molecule has 32 heavy (non-hydrogen) atoms. The summed E-state index contributed by atoms with van der Waals surface area (Å²) in [5.41, 5.74) is 2.52. The van der Waals surface area contributed by atoms with E-state index >= 15 is 0 Å². The van der Waals surface area contributed by atoms with Gasteiger partial charge in [0.1, 0.15) is 23.0 Å². The van der Waals surface area contributed by atoms with Gasteiger partial charge in [-0.1, -0.05) is 62.4 Å². The van der Waals surface area contributed by atoms with Crippen molar-refractivity contribution in [2.24, 2.45) is 0 Å². The monoisotopic (exact) mass is 426 g/mol. The van der Waals surface area contributed by atoms with Gasteiger partial charge in [0.25, 0.3) is 0 Å². The smallest absolute Gasteiger partial charge is 0.115 e. The number of hydrogen-bond donors (Lipinski definition) is 4. The van der Waals surface area contributed by atoms with Crippen molar-refractivity contribution in [2.75, 3.05) is 0 Å². The molecule has 0 aliphatic heterocycles. The van der Waals surface area contributed by atoms with E-state index in [-0.39, 0.29) is 23.0 Å². The maximum Gasteiger partial charge on any atom is 0.115 e. The lowest BCUT2D eigenvalue weighted by molar-refractivity contribution is 0.358. The van der Waals surface area contributed by atoms with Gasteiger partial charge in [0, 0.05) is 10.8 Å². The van der Waals surface area contributed by atoms with Crippen molar-refractivity contribution in [3.05, 3.63) is 119 Å². The fraction of sp³-hybridized carbons (Fsp3) is 0.143. The minimum absolute atomic E-state index is 0.178. The second-order valence-electron chi connectivity index (χ2n) is 8.44. The van der Waals surface area contributed by atoms with Gasteiger partial charge >= 0.3 is 0 Å². The standard InChI is InChI=1S/C28H26O4/c1-27(19-3-11-23(29)12-4-19,20-5-13-24(30)14-6-20)28(2,21-7-15-25(31)16-8-21)22-9-17-26(32)18-10-22/h3-18,29-32H,1-2H3. The first kappa shape index (κ1) is 21.3. The molecule has 0 saturated heterocycles. The normalized spacial score (nSPS) is 11.9. The number of aromatic hydroxyl groups is 4. The molecular weight excluding hydrogens is 400 g/mol. The summed E-state index contributed by atoms with van der Waals surface area (Å²) in [5, 5.41) is 39.8. The molecule has 4 N–H and O–H groups in total. The largest absolute Gasteiger partial charge is 0.508 e. The summed E-state index contributed by atoms with van der Waals surface area (Å²) in [6, 6.07) is 28.6. The Balaban J connectivity index is 2.09. The third-order valence-electron chi connectivity index (χ3n) is 6.78. The van der Waals surface area contributed by atoms with E-state index in [1.54, 1.807) is 48.5 Å². The zero-order chi connectivity index (χ0) is 22.9. The van der Waals surface area contributed by atoms with E-state index in [0.29, 0.717) is 0 Å². The van der Waals surface area contributed by atoms with Crippen molar-refractivity contribution in [1.82, 2.24) is 0 Å². The predicted molar refractivity (Wildman–Crippen MR) is 125 cm³/mol. The summed E-state index contributed by atoms with van der Waals surface area (Å²) in [6.07, 6.45) is 0. The van der Waals surface area contributed by atoms with Crippen molar-refractivity contribution >= 4 is 0 Å². The van der Waals surface area contributed by atoms with Crippen LogP contribution in [0, 0.1) is 0 Å². The van der Waals surface area contributed by atoms with Crippen LogP contribution in [0.5, 0.6) is 23.0 Å². The SMILES string of the molecule is CC(c1ccc(O)cc1)(c1ccc(O)cc1)C(C)(c1ccc(O)cc1)c1ccc(O)cc1. The van der Waals surface area contributed by atoms with Crippen LogP contribution in [-0.4, -0.2) is 20.4 Å². The van der Waals surface area contributed by atoms with E-state index in [2.05, 4.69) is 13.8 Å². The molecule has 0 saturated carbocycles. The number of phenolic OH excluding ortho intramolecular Hbond substituents is 4. The summed E-state index contributed by atoms with van der Waals surface area (Å²) in [7, 11) is 0. The molecule has 4 aromatic carbocycles. The molecule has 0 aliphatic rings. The van der Waals surface area contributed by atoms with Crippen LogP contribution in [-0.2, 0) is 10.8 Å². The summed E-state index contributed by atoms with van der Waals surface area (Å²) in [4.78, 5) is 0. The Kier molecular flexibility index (Phi) is 5.31. The van der Waals surface area contributed by atoms with E-state index in [1.165, 1.54) is 0 Å². The molecule has 162 valence electrons. The topological polar surface area (TPSA) is 80.9 Å². The molecule has 4 nitrogen and oxygen atoms in total. The number of benzene rings is 4. The van der Waals surface area contributed by atoms with Crippen molar-refractivity contribution in [3.63, 3.8) is 0 Å². The van der Waals surface area contributed by atoms with Gasteiger partial charge in [-0.2, -0.15) is 0 Å². The minimum atomic E-state index is -0.664. The Morgan fingerprint density at radius 1 is 0.344 bits per heavy atom. The Labute approximate surface area is 187 Å². The Morgan fingerprint density at radius 3 is 0.656 bits per heavy atom. The molecule has 0 aliphatic carbocycles. The van der Waals surface area contributed by atoms with E-state index in [4.69, 9.17) is 0 Å². The molecule has 0 spiro atoms. The highest BCUT2D eigenvalue weighted by molar-refractivity contribution is 5.56. The molecular formula is C28H26O4. The highest BCUT2D eigenvalue weighted by Gasteiger charge is 2.49. The van der Waals surface area contributed by atoms with Crippen LogP contribution >= 0.6 is 0 Å². The van der Waals surface area contributed by atoms with Gasteiger partial charge in [-0.05, 0) is 70.8 Å². The van der Waals surface area contributed by atoms with Gasteiger partial charge in [-0.3, -0.25) is 0 Å². The van der Waals surface area contributed by atoms with Crippen LogP contribution in [0.25, 0.3) is 0 Å². The molecule has 0 amide bonds. The fourth-order valence-corrected chi connectivity index (χ4v) is 4.67. The van der Waals surface area contributed by atoms with Crippen LogP contribution in [0.2, 0.25) is 0 Å². The van der Waals surface area contributed by atoms with Crippen LogP contribution in [0.4, 0.5) is 0 Å². The van der Waals surface area contributed by atoms with Gasteiger partial charge in [0.05, 0.1) is 0 Å². The summed E-state index contributed by atoms with van der Waals surface area (Å²) in [5.74, 6) is 0.714. The summed E-state index contributed by atoms with van der Waals surface area (Å²) in [6.45, 7) is 4.26. The Bertz CT molecular complexity index is 1000. The van der Waals surface area contributed by atoms with Gasteiger partial charge in [-0.15, -0.1) is 0 Å². The first-order valence-corrected chi connectivity index (χ1v) is 10.4. The van der Waals surface area contributed by atoms with Gasteiger partial charge in [0.15, 0.2) is 0 Å². The molecule has 0 unspecified atom stereocenters. The lowest BCUT2D eigenvalue weighted by atomic mass is 9.53. The second-order valence-corrected chi connectivity index (χ2v) is 8.44. The Hall–Kier alpha value is -3.92. The number of phenols is 4. The molecule has 0 radical (unpaired) electrons. The number of hydrogen-bond acceptors (Lipinski definition) is 4. The van der Waals surface area contributed by atoms with Crippen molar-refractivity contribution in [3.8, 4) is 23.0 Å². The van der Waals surface area contributed by atoms with Gasteiger partial charge in [-0.25, -0.2) is 0 Å². The highest BCUT2D eigenvalue weighted by Crippen LogP contribution is 2.53. The second kappa shape index (κ2) is 7.97. The van der Waals surface area contributed by atoms with E-state index in [1.807, 2.05) is 48.5 Å². The molecule has 4 heteroatoms. The van der Waals surface area contributed by atoms with Crippen LogP contribution in [0.15, 0.2) is 97.1 Å². The number of rotatable bonds is 5. The molecule has 0 aromatic heterocycles. The first-order chi connectivity index (χ1) is 15.2. The van der Waals surface area contributed by atoms with E-state index in [0.717, 1.165) is 22.3 Å². The van der Waals surface area contributed by atoms with Gasteiger partial charge in [0.2, 0.25) is 0 Å². The molecule has 4 aromatic rings. The Morgan fingerprint density at radius 2 is 0.500 bits per heavy atom. The zero-order valence-corrected chi connectivity index (χ0v) is 18.0. The first-order valence-electron chi connectivity index (χ1n) is 10.4. The summed E-state index contributed by atoms with van der Waals surface area (Å²) < 4.78 is 0. The maximum atomic E-state index is 9.94. The van der Waals surface area contributed by atoms with E-state index in [9.17, 15) is 20.4 Å².